The molecule has 0 radical (unpaired) electrons. The van der Waals surface area contributed by atoms with Gasteiger partial charge >= 0.3 is 12.1 Å². The van der Waals surface area contributed by atoms with Gasteiger partial charge in [-0.1, -0.05) is 61.9 Å². The summed E-state index contributed by atoms with van der Waals surface area (Å²) in [5, 5.41) is 9.03. The van der Waals surface area contributed by atoms with Gasteiger partial charge in [-0.15, -0.1) is 0 Å². The summed E-state index contributed by atoms with van der Waals surface area (Å²) in [6.45, 7) is 6.11. The number of aryl methyl sites for hydroxylation is 2. The van der Waals surface area contributed by atoms with Crippen molar-refractivity contribution in [2.24, 2.45) is 0 Å². The lowest BCUT2D eigenvalue weighted by atomic mass is 10.0. The number of carbonyl (C=O) groups excluding carboxylic acids is 1. The van der Waals surface area contributed by atoms with Gasteiger partial charge < -0.3 is 19.1 Å². The van der Waals surface area contributed by atoms with Crippen LogP contribution in [-0.2, 0) is 17.8 Å². The summed E-state index contributed by atoms with van der Waals surface area (Å²) in [6, 6.07) is 18.7. The quantitative estimate of drug-likeness (QED) is 0.182. The molecule has 0 bridgehead atoms. The summed E-state index contributed by atoms with van der Waals surface area (Å²) < 4.78 is 12.6. The Bertz CT molecular complexity index is 1370. The maximum absolute atomic E-state index is 11.8. The third kappa shape index (κ3) is 5.35. The molecule has 7 nitrogen and oxygen atoms in total. The van der Waals surface area contributed by atoms with E-state index in [2.05, 4.69) is 11.5 Å². The summed E-state index contributed by atoms with van der Waals surface area (Å²) >= 11 is 0. The molecule has 0 aliphatic carbocycles. The van der Waals surface area contributed by atoms with Crippen molar-refractivity contribution in [1.29, 1.82) is 0 Å². The second-order valence-electron chi connectivity index (χ2n) is 8.45. The van der Waals surface area contributed by atoms with Crippen LogP contribution in [0.25, 0.3) is 22.2 Å². The highest BCUT2D eigenvalue weighted by molar-refractivity contribution is 5.88. The minimum Gasteiger partial charge on any atom is -0.449 e. The van der Waals surface area contributed by atoms with Gasteiger partial charge in [-0.25, -0.2) is 9.78 Å². The first-order valence-electron chi connectivity index (χ1n) is 11.6. The maximum Gasteiger partial charge on any atom is 0.511 e. The van der Waals surface area contributed by atoms with E-state index in [1.807, 2.05) is 55.5 Å². The summed E-state index contributed by atoms with van der Waals surface area (Å²) in [5.41, 5.74) is 5.27. The molecule has 0 aliphatic heterocycles. The van der Waals surface area contributed by atoms with Crippen molar-refractivity contribution < 1.29 is 24.2 Å². The zero-order chi connectivity index (χ0) is 24.9. The van der Waals surface area contributed by atoms with Crippen LogP contribution in [-0.4, -0.2) is 26.8 Å². The average Bonchev–Trinajstić information content (AvgIpc) is 3.19. The molecule has 4 aromatic rings. The fraction of sp³-hybridized carbons (Fsp3) is 0.250. The highest BCUT2D eigenvalue weighted by Gasteiger charge is 2.18. The van der Waals surface area contributed by atoms with E-state index < -0.39 is 6.16 Å². The molecule has 0 spiro atoms. The van der Waals surface area contributed by atoms with E-state index in [9.17, 15) is 9.59 Å². The average molecular weight is 473 g/mol. The number of imidazole rings is 1. The highest BCUT2D eigenvalue weighted by Crippen LogP contribution is 2.33. The van der Waals surface area contributed by atoms with Crippen LogP contribution in [0.4, 0.5) is 4.79 Å². The van der Waals surface area contributed by atoms with E-state index in [1.165, 1.54) is 6.92 Å². The second kappa shape index (κ2) is 10.4. The Morgan fingerprint density at radius 2 is 1.71 bits per heavy atom. The van der Waals surface area contributed by atoms with E-state index in [4.69, 9.17) is 19.6 Å². The van der Waals surface area contributed by atoms with E-state index >= 15 is 0 Å². The van der Waals surface area contributed by atoms with Crippen LogP contribution in [0.5, 0.6) is 11.5 Å². The molecule has 1 N–H and O–H groups in total. The van der Waals surface area contributed by atoms with Crippen molar-refractivity contribution in [3.8, 4) is 22.6 Å². The fourth-order valence-electron chi connectivity index (χ4n) is 4.18. The zero-order valence-electron chi connectivity index (χ0n) is 20.1. The van der Waals surface area contributed by atoms with Crippen molar-refractivity contribution in [2.75, 3.05) is 0 Å². The summed E-state index contributed by atoms with van der Waals surface area (Å²) in [5.74, 6) is 1.37. The second-order valence-corrected chi connectivity index (χ2v) is 8.45. The number of nitrogens with zero attached hydrogens (tertiary/aromatic N) is 2. The van der Waals surface area contributed by atoms with Crippen molar-refractivity contribution in [2.45, 2.75) is 46.6 Å². The third-order valence-electron chi connectivity index (χ3n) is 5.84. The molecule has 3 aromatic carbocycles. The lowest BCUT2D eigenvalue weighted by Gasteiger charge is -2.13. The SMILES string of the molecule is CCCCc1nc2c(C)ccc(OC(C)=O)c2n1Cc1ccc(-c2ccccc2OC(=O)O)cc1. The Kier molecular flexibility index (Phi) is 7.15. The molecule has 0 atom stereocenters. The van der Waals surface area contributed by atoms with Gasteiger partial charge in [0.2, 0.25) is 0 Å². The largest absolute Gasteiger partial charge is 0.511 e. The van der Waals surface area contributed by atoms with Crippen LogP contribution in [0.2, 0.25) is 0 Å². The molecule has 1 aromatic heterocycles. The predicted octanol–water partition coefficient (Wildman–Crippen LogP) is 6.38. The molecule has 180 valence electrons. The number of esters is 1. The Labute approximate surface area is 203 Å². The van der Waals surface area contributed by atoms with Gasteiger partial charge in [-0.2, -0.15) is 0 Å². The van der Waals surface area contributed by atoms with Crippen molar-refractivity contribution >= 4 is 23.2 Å². The summed E-state index contributed by atoms with van der Waals surface area (Å²) in [6.07, 6.45) is 1.53. The van der Waals surface area contributed by atoms with Crippen LogP contribution in [0.15, 0.2) is 60.7 Å². The Hall–Kier alpha value is -4.13. The summed E-state index contributed by atoms with van der Waals surface area (Å²) in [7, 11) is 0. The normalized spacial score (nSPS) is 10.9. The van der Waals surface area contributed by atoms with E-state index in [-0.39, 0.29) is 11.7 Å². The number of hydrogen-bond acceptors (Lipinski definition) is 5. The van der Waals surface area contributed by atoms with Gasteiger partial charge in [0, 0.05) is 25.5 Å². The standard InChI is InChI=1S/C28H28N2O5/c1-4-5-10-25-29-26-18(2)11-16-24(34-19(3)31)27(26)30(25)17-20-12-14-21(15-13-20)22-8-6-7-9-23(22)35-28(32)33/h6-9,11-16H,4-5,10,17H2,1-3H3,(H,32,33). The molecular weight excluding hydrogens is 444 g/mol. The van der Waals surface area contributed by atoms with Crippen LogP contribution in [0.3, 0.4) is 0 Å². The Morgan fingerprint density at radius 1 is 0.971 bits per heavy atom. The van der Waals surface area contributed by atoms with Crippen LogP contribution in [0.1, 0.15) is 43.6 Å². The number of carbonyl (C=O) groups is 2. The van der Waals surface area contributed by atoms with Crippen LogP contribution < -0.4 is 9.47 Å². The smallest absolute Gasteiger partial charge is 0.449 e. The zero-order valence-corrected chi connectivity index (χ0v) is 20.1. The number of benzene rings is 3. The third-order valence-corrected chi connectivity index (χ3v) is 5.84. The topological polar surface area (TPSA) is 90.6 Å². The van der Waals surface area contributed by atoms with Crippen LogP contribution >= 0.6 is 0 Å². The summed E-state index contributed by atoms with van der Waals surface area (Å²) in [4.78, 5) is 27.7. The van der Waals surface area contributed by atoms with Crippen molar-refractivity contribution in [3.63, 3.8) is 0 Å². The minimum atomic E-state index is -1.35. The number of fused-ring (bicyclic) bond motifs is 1. The van der Waals surface area contributed by atoms with Gasteiger partial charge in [0.25, 0.3) is 0 Å². The molecule has 35 heavy (non-hydrogen) atoms. The molecule has 0 amide bonds. The Balaban J connectivity index is 1.73. The van der Waals surface area contributed by atoms with Crippen molar-refractivity contribution in [3.05, 3.63) is 77.6 Å². The fourth-order valence-corrected chi connectivity index (χ4v) is 4.18. The first-order valence-corrected chi connectivity index (χ1v) is 11.6. The molecule has 0 saturated heterocycles. The number of carboxylic acid groups (broad SMARTS) is 1. The molecule has 1 heterocycles. The molecular formula is C28H28N2O5. The number of rotatable bonds is 8. The van der Waals surface area contributed by atoms with E-state index in [1.54, 1.807) is 12.1 Å². The number of ether oxygens (including phenoxy) is 2. The van der Waals surface area contributed by atoms with E-state index in [0.717, 1.165) is 52.8 Å². The van der Waals surface area contributed by atoms with Gasteiger partial charge in [0.15, 0.2) is 5.75 Å². The van der Waals surface area contributed by atoms with Crippen molar-refractivity contribution in [1.82, 2.24) is 9.55 Å². The van der Waals surface area contributed by atoms with Gasteiger partial charge in [0.05, 0.1) is 5.52 Å². The number of aromatic nitrogens is 2. The minimum absolute atomic E-state index is 0.289. The predicted molar refractivity (Wildman–Crippen MR) is 134 cm³/mol. The highest BCUT2D eigenvalue weighted by atomic mass is 16.7. The number of hydrogen-bond donors (Lipinski definition) is 1. The first kappa shape index (κ1) is 24.0. The molecule has 0 aliphatic rings. The van der Waals surface area contributed by atoms with Gasteiger partial charge in [0.1, 0.15) is 17.1 Å². The van der Waals surface area contributed by atoms with E-state index in [0.29, 0.717) is 17.9 Å². The molecule has 0 saturated carbocycles. The molecule has 4 rings (SSSR count). The van der Waals surface area contributed by atoms with Gasteiger partial charge in [-0.05, 0) is 42.2 Å². The Morgan fingerprint density at radius 3 is 2.40 bits per heavy atom. The molecule has 7 heteroatoms. The number of unbranched alkanes of at least 4 members (excludes halogenated alkanes) is 1. The van der Waals surface area contributed by atoms with Crippen LogP contribution in [0, 0.1) is 6.92 Å². The first-order chi connectivity index (χ1) is 16.9. The van der Waals surface area contributed by atoms with Gasteiger partial charge in [-0.3, -0.25) is 4.79 Å². The molecule has 0 unspecified atom stereocenters. The number of para-hydroxylation sites is 1. The molecule has 0 fully saturated rings. The monoisotopic (exact) mass is 472 g/mol. The lowest BCUT2D eigenvalue weighted by molar-refractivity contribution is -0.131. The maximum atomic E-state index is 11.8. The lowest BCUT2D eigenvalue weighted by Crippen LogP contribution is -2.08.